The van der Waals surface area contributed by atoms with E-state index < -0.39 is 0 Å². The number of aliphatic hydroxyl groups is 1. The molecule has 1 aliphatic heterocycles. The van der Waals surface area contributed by atoms with E-state index >= 15 is 0 Å². The molecule has 1 N–H and O–H groups in total. The molecule has 0 radical (unpaired) electrons. The lowest BCUT2D eigenvalue weighted by Crippen LogP contribution is -2.32. The Hall–Kier alpha value is -0.700. The van der Waals surface area contributed by atoms with Gasteiger partial charge in [-0.25, -0.2) is 0 Å². The maximum absolute atomic E-state index is 9.81. The standard InChI is InChI=1S/C11H22N2O/c1-3-4-5-6-7-11(14)13-9-8-12(2)10-13/h8-9,11,14H,3-7,10H2,1-2H3. The second kappa shape index (κ2) is 5.91. The Kier molecular flexibility index (Phi) is 4.80. The van der Waals surface area contributed by atoms with Crippen molar-refractivity contribution in [3.8, 4) is 0 Å². The van der Waals surface area contributed by atoms with Crippen LogP contribution in [0.3, 0.4) is 0 Å². The molecule has 0 spiro atoms. The molecule has 0 aromatic carbocycles. The lowest BCUT2D eigenvalue weighted by molar-refractivity contribution is 0.0201. The molecule has 3 nitrogen and oxygen atoms in total. The molecule has 1 heterocycles. The molecule has 1 atom stereocenters. The molecule has 0 aromatic heterocycles. The van der Waals surface area contributed by atoms with Crippen molar-refractivity contribution in [1.29, 1.82) is 0 Å². The van der Waals surface area contributed by atoms with Crippen LogP contribution in [0.15, 0.2) is 12.4 Å². The van der Waals surface area contributed by atoms with E-state index in [4.69, 9.17) is 0 Å². The van der Waals surface area contributed by atoms with Gasteiger partial charge in [-0.2, -0.15) is 0 Å². The summed E-state index contributed by atoms with van der Waals surface area (Å²) >= 11 is 0. The van der Waals surface area contributed by atoms with Crippen molar-refractivity contribution < 1.29 is 5.11 Å². The van der Waals surface area contributed by atoms with Crippen LogP contribution in [0.1, 0.15) is 39.0 Å². The van der Waals surface area contributed by atoms with Gasteiger partial charge in [-0.05, 0) is 12.8 Å². The highest BCUT2D eigenvalue weighted by atomic mass is 16.3. The summed E-state index contributed by atoms with van der Waals surface area (Å²) < 4.78 is 0. The molecule has 0 fully saturated rings. The number of hydrogen-bond donors (Lipinski definition) is 1. The highest BCUT2D eigenvalue weighted by Crippen LogP contribution is 2.13. The molecule has 0 aliphatic carbocycles. The van der Waals surface area contributed by atoms with Gasteiger partial charge in [-0.3, -0.25) is 0 Å². The van der Waals surface area contributed by atoms with Crippen LogP contribution < -0.4 is 0 Å². The topological polar surface area (TPSA) is 26.7 Å². The summed E-state index contributed by atoms with van der Waals surface area (Å²) in [5.74, 6) is 0. The van der Waals surface area contributed by atoms with Crippen molar-refractivity contribution in [2.45, 2.75) is 45.3 Å². The van der Waals surface area contributed by atoms with Crippen LogP contribution in [0.4, 0.5) is 0 Å². The van der Waals surface area contributed by atoms with Gasteiger partial charge in [0, 0.05) is 19.4 Å². The van der Waals surface area contributed by atoms with Crippen LogP contribution in [-0.2, 0) is 0 Å². The smallest absolute Gasteiger partial charge is 0.127 e. The average molecular weight is 198 g/mol. The normalized spacial score (nSPS) is 17.9. The Labute approximate surface area is 87.0 Å². The van der Waals surface area contributed by atoms with Gasteiger partial charge in [-0.15, -0.1) is 0 Å². The Morgan fingerprint density at radius 1 is 1.29 bits per heavy atom. The van der Waals surface area contributed by atoms with Gasteiger partial charge >= 0.3 is 0 Å². The third-order valence-corrected chi connectivity index (χ3v) is 2.60. The Bertz CT molecular complexity index is 182. The van der Waals surface area contributed by atoms with Gasteiger partial charge in [0.25, 0.3) is 0 Å². The number of rotatable bonds is 6. The number of nitrogens with zero attached hydrogens (tertiary/aromatic N) is 2. The number of unbranched alkanes of at least 4 members (excludes halogenated alkanes) is 3. The maximum atomic E-state index is 9.81. The lowest BCUT2D eigenvalue weighted by Gasteiger charge is -2.24. The van der Waals surface area contributed by atoms with E-state index in [9.17, 15) is 5.11 Å². The highest BCUT2D eigenvalue weighted by Gasteiger charge is 2.15. The summed E-state index contributed by atoms with van der Waals surface area (Å²) in [6, 6.07) is 0. The molecule has 0 saturated carbocycles. The minimum Gasteiger partial charge on any atom is -0.374 e. The molecule has 14 heavy (non-hydrogen) atoms. The molecule has 3 heteroatoms. The molecule has 1 aliphatic rings. The van der Waals surface area contributed by atoms with Gasteiger partial charge in [0.1, 0.15) is 6.23 Å². The predicted molar refractivity (Wildman–Crippen MR) is 58.4 cm³/mol. The van der Waals surface area contributed by atoms with Crippen LogP contribution in [0, 0.1) is 0 Å². The van der Waals surface area contributed by atoms with Crippen molar-refractivity contribution >= 4 is 0 Å². The molecule has 0 aromatic rings. The van der Waals surface area contributed by atoms with E-state index in [-0.39, 0.29) is 6.23 Å². The summed E-state index contributed by atoms with van der Waals surface area (Å²) in [4.78, 5) is 4.04. The Morgan fingerprint density at radius 2 is 2.07 bits per heavy atom. The minimum atomic E-state index is -0.298. The molecule has 0 amide bonds. The molecule has 1 rings (SSSR count). The summed E-state index contributed by atoms with van der Waals surface area (Å²) in [5.41, 5.74) is 0. The van der Waals surface area contributed by atoms with Gasteiger partial charge in [-0.1, -0.05) is 26.2 Å². The molecule has 1 unspecified atom stereocenters. The van der Waals surface area contributed by atoms with Crippen LogP contribution in [-0.4, -0.2) is 34.9 Å². The fourth-order valence-corrected chi connectivity index (χ4v) is 1.66. The number of aliphatic hydroxyl groups excluding tert-OH is 1. The number of hydrogen-bond acceptors (Lipinski definition) is 3. The summed E-state index contributed by atoms with van der Waals surface area (Å²) in [7, 11) is 2.01. The average Bonchev–Trinajstić information content (AvgIpc) is 2.59. The Morgan fingerprint density at radius 3 is 2.64 bits per heavy atom. The van der Waals surface area contributed by atoms with Crippen LogP contribution in [0.5, 0.6) is 0 Å². The summed E-state index contributed by atoms with van der Waals surface area (Å²) in [6.07, 6.45) is 9.44. The second-order valence-electron chi connectivity index (χ2n) is 4.04. The molecule has 0 bridgehead atoms. The van der Waals surface area contributed by atoms with E-state index in [1.165, 1.54) is 19.3 Å². The third kappa shape index (κ3) is 3.58. The zero-order valence-electron chi connectivity index (χ0n) is 9.32. The first-order valence-corrected chi connectivity index (χ1v) is 5.56. The van der Waals surface area contributed by atoms with Gasteiger partial charge in [0.05, 0.1) is 6.67 Å². The largest absolute Gasteiger partial charge is 0.374 e. The first-order valence-electron chi connectivity index (χ1n) is 5.56. The van der Waals surface area contributed by atoms with E-state index in [1.54, 1.807) is 0 Å². The van der Waals surface area contributed by atoms with Crippen molar-refractivity contribution in [3.63, 3.8) is 0 Å². The fraction of sp³-hybridized carbons (Fsp3) is 0.818. The van der Waals surface area contributed by atoms with E-state index in [2.05, 4.69) is 11.8 Å². The lowest BCUT2D eigenvalue weighted by atomic mass is 10.1. The zero-order valence-corrected chi connectivity index (χ0v) is 9.32. The summed E-state index contributed by atoms with van der Waals surface area (Å²) in [5, 5.41) is 9.81. The highest BCUT2D eigenvalue weighted by molar-refractivity contribution is 4.89. The first-order chi connectivity index (χ1) is 6.74. The van der Waals surface area contributed by atoms with Crippen molar-refractivity contribution in [1.82, 2.24) is 9.80 Å². The predicted octanol–water partition coefficient (Wildman–Crippen LogP) is 1.95. The maximum Gasteiger partial charge on any atom is 0.127 e. The quantitative estimate of drug-likeness (QED) is 0.661. The molecular formula is C11H22N2O. The summed E-state index contributed by atoms with van der Waals surface area (Å²) in [6.45, 7) is 3.02. The van der Waals surface area contributed by atoms with Gasteiger partial charge in [0.15, 0.2) is 0 Å². The van der Waals surface area contributed by atoms with E-state index in [0.717, 1.165) is 19.5 Å². The van der Waals surface area contributed by atoms with Crippen molar-refractivity contribution in [2.24, 2.45) is 0 Å². The zero-order chi connectivity index (χ0) is 10.4. The third-order valence-electron chi connectivity index (χ3n) is 2.60. The molecular weight excluding hydrogens is 176 g/mol. The minimum absolute atomic E-state index is 0.298. The second-order valence-corrected chi connectivity index (χ2v) is 4.04. The van der Waals surface area contributed by atoms with Gasteiger partial charge in [0.2, 0.25) is 0 Å². The monoisotopic (exact) mass is 198 g/mol. The van der Waals surface area contributed by atoms with E-state index in [0.29, 0.717) is 0 Å². The molecule has 82 valence electrons. The van der Waals surface area contributed by atoms with E-state index in [1.807, 2.05) is 24.3 Å². The SMILES string of the molecule is CCCCCCC(O)N1C=CN(C)C1. The Balaban J connectivity index is 2.09. The van der Waals surface area contributed by atoms with Crippen LogP contribution in [0.2, 0.25) is 0 Å². The van der Waals surface area contributed by atoms with Crippen LogP contribution in [0.25, 0.3) is 0 Å². The fourth-order valence-electron chi connectivity index (χ4n) is 1.66. The van der Waals surface area contributed by atoms with Crippen molar-refractivity contribution in [3.05, 3.63) is 12.4 Å². The van der Waals surface area contributed by atoms with Gasteiger partial charge < -0.3 is 14.9 Å². The van der Waals surface area contributed by atoms with Crippen molar-refractivity contribution in [2.75, 3.05) is 13.7 Å². The molecule has 0 saturated heterocycles. The first kappa shape index (κ1) is 11.4. The van der Waals surface area contributed by atoms with Crippen LogP contribution >= 0.6 is 0 Å².